The molecule has 1 aliphatic carbocycles. The molecule has 98 valence electrons. The van der Waals surface area contributed by atoms with Crippen LogP contribution in [0.3, 0.4) is 0 Å². The van der Waals surface area contributed by atoms with Crippen molar-refractivity contribution >= 4 is 0 Å². The van der Waals surface area contributed by atoms with Crippen LogP contribution < -0.4 is 19.5 Å². The van der Waals surface area contributed by atoms with Crippen LogP contribution in [-0.4, -0.2) is 34.4 Å². The summed E-state index contributed by atoms with van der Waals surface area (Å²) < 4.78 is 16.2. The third kappa shape index (κ3) is 1.48. The van der Waals surface area contributed by atoms with Gasteiger partial charge in [0.05, 0.1) is 21.3 Å². The molecule has 2 unspecified atom stereocenters. The van der Waals surface area contributed by atoms with E-state index in [1.807, 2.05) is 0 Å². The lowest BCUT2D eigenvalue weighted by molar-refractivity contribution is 0.323. The summed E-state index contributed by atoms with van der Waals surface area (Å²) in [6.07, 6.45) is 1.26. The molecule has 1 aromatic carbocycles. The molecule has 0 aromatic heterocycles. The van der Waals surface area contributed by atoms with Gasteiger partial charge in [0.1, 0.15) is 0 Å². The van der Waals surface area contributed by atoms with Gasteiger partial charge in [-0.2, -0.15) is 0 Å². The Bertz CT molecular complexity index is 449. The Kier molecular flexibility index (Phi) is 2.63. The maximum absolute atomic E-state index is 5.42. The molecule has 1 saturated heterocycles. The molecule has 1 heterocycles. The average Bonchev–Trinajstić information content (AvgIpc) is 2.99. The second-order valence-corrected chi connectivity index (χ2v) is 5.10. The Hall–Kier alpha value is -1.42. The molecule has 2 atom stereocenters. The maximum Gasteiger partial charge on any atom is 0.203 e. The molecule has 0 amide bonds. The first kappa shape index (κ1) is 11.7. The Morgan fingerprint density at radius 1 is 1.11 bits per heavy atom. The summed E-state index contributed by atoms with van der Waals surface area (Å²) in [5.41, 5.74) is 1.60. The first-order valence-corrected chi connectivity index (χ1v) is 6.26. The standard InChI is InChI=1S/C14H19NO3/c1-16-11-4-9(5-12(17-2)13(11)18-3)14-6-10(14)7-15-8-14/h4-5,10,15H,6-8H2,1-3H3. The fourth-order valence-corrected chi connectivity index (χ4v) is 3.16. The first-order chi connectivity index (χ1) is 8.75. The summed E-state index contributed by atoms with van der Waals surface area (Å²) >= 11 is 0. The van der Waals surface area contributed by atoms with E-state index in [1.165, 1.54) is 12.0 Å². The Labute approximate surface area is 107 Å². The average molecular weight is 249 g/mol. The first-order valence-electron chi connectivity index (χ1n) is 6.26. The summed E-state index contributed by atoms with van der Waals surface area (Å²) in [5, 5.41) is 3.45. The molecule has 1 saturated carbocycles. The van der Waals surface area contributed by atoms with Crippen LogP contribution >= 0.6 is 0 Å². The van der Waals surface area contributed by atoms with Crippen LogP contribution in [0.2, 0.25) is 0 Å². The molecule has 4 nitrogen and oxygen atoms in total. The van der Waals surface area contributed by atoms with Gasteiger partial charge in [0.2, 0.25) is 5.75 Å². The van der Waals surface area contributed by atoms with Crippen molar-refractivity contribution in [2.24, 2.45) is 5.92 Å². The van der Waals surface area contributed by atoms with Crippen molar-refractivity contribution in [3.63, 3.8) is 0 Å². The van der Waals surface area contributed by atoms with Gasteiger partial charge >= 0.3 is 0 Å². The highest BCUT2D eigenvalue weighted by Crippen LogP contribution is 2.58. The predicted molar refractivity (Wildman–Crippen MR) is 68.8 cm³/mol. The van der Waals surface area contributed by atoms with Gasteiger partial charge in [-0.15, -0.1) is 0 Å². The molecule has 0 spiro atoms. The van der Waals surface area contributed by atoms with Crippen molar-refractivity contribution in [2.45, 2.75) is 11.8 Å². The minimum Gasteiger partial charge on any atom is -0.493 e. The lowest BCUT2D eigenvalue weighted by atomic mass is 9.94. The lowest BCUT2D eigenvalue weighted by Gasteiger charge is -2.18. The van der Waals surface area contributed by atoms with Crippen molar-refractivity contribution in [1.29, 1.82) is 0 Å². The van der Waals surface area contributed by atoms with E-state index in [4.69, 9.17) is 14.2 Å². The summed E-state index contributed by atoms with van der Waals surface area (Å²) in [5.74, 6) is 2.93. The molecule has 2 fully saturated rings. The number of hydrogen-bond acceptors (Lipinski definition) is 4. The van der Waals surface area contributed by atoms with E-state index in [1.54, 1.807) is 21.3 Å². The summed E-state index contributed by atoms with van der Waals surface area (Å²) in [7, 11) is 4.96. The molecule has 1 aliphatic heterocycles. The molecule has 0 radical (unpaired) electrons. The largest absolute Gasteiger partial charge is 0.493 e. The van der Waals surface area contributed by atoms with E-state index in [-0.39, 0.29) is 0 Å². The molecule has 0 bridgehead atoms. The van der Waals surface area contributed by atoms with Crippen LogP contribution in [0.5, 0.6) is 17.2 Å². The zero-order valence-electron chi connectivity index (χ0n) is 11.1. The molecule has 3 rings (SSSR count). The third-order valence-corrected chi connectivity index (χ3v) is 4.30. The SMILES string of the molecule is COc1cc(C23CNCC2C3)cc(OC)c1OC. The van der Waals surface area contributed by atoms with E-state index in [0.29, 0.717) is 11.2 Å². The molecule has 1 aromatic rings. The van der Waals surface area contributed by atoms with Gasteiger partial charge in [-0.1, -0.05) is 0 Å². The lowest BCUT2D eigenvalue weighted by Crippen LogP contribution is -2.19. The van der Waals surface area contributed by atoms with Gasteiger partial charge in [-0.05, 0) is 36.6 Å². The number of rotatable bonds is 4. The summed E-state index contributed by atoms with van der Waals surface area (Å²) in [4.78, 5) is 0. The highest BCUT2D eigenvalue weighted by atomic mass is 16.5. The van der Waals surface area contributed by atoms with Crippen LogP contribution in [0, 0.1) is 5.92 Å². The van der Waals surface area contributed by atoms with Crippen molar-refractivity contribution in [1.82, 2.24) is 5.32 Å². The summed E-state index contributed by atoms with van der Waals surface area (Å²) in [6, 6.07) is 4.18. The van der Waals surface area contributed by atoms with Gasteiger partial charge in [-0.3, -0.25) is 0 Å². The highest BCUT2D eigenvalue weighted by molar-refractivity contribution is 5.57. The van der Waals surface area contributed by atoms with E-state index >= 15 is 0 Å². The topological polar surface area (TPSA) is 39.7 Å². The van der Waals surface area contributed by atoms with Crippen LogP contribution in [0.15, 0.2) is 12.1 Å². The van der Waals surface area contributed by atoms with E-state index < -0.39 is 0 Å². The number of nitrogens with one attached hydrogen (secondary N) is 1. The molecule has 4 heteroatoms. The van der Waals surface area contributed by atoms with Crippen molar-refractivity contribution in [2.75, 3.05) is 34.4 Å². The number of piperidine rings is 1. The van der Waals surface area contributed by atoms with Crippen LogP contribution in [0.1, 0.15) is 12.0 Å². The van der Waals surface area contributed by atoms with Crippen LogP contribution in [-0.2, 0) is 5.41 Å². The van der Waals surface area contributed by atoms with E-state index in [0.717, 1.165) is 30.5 Å². The van der Waals surface area contributed by atoms with Crippen LogP contribution in [0.25, 0.3) is 0 Å². The van der Waals surface area contributed by atoms with Crippen molar-refractivity contribution in [3.8, 4) is 17.2 Å². The van der Waals surface area contributed by atoms with Gasteiger partial charge in [0.25, 0.3) is 0 Å². The van der Waals surface area contributed by atoms with E-state index in [2.05, 4.69) is 17.4 Å². The minimum absolute atomic E-state index is 0.298. The van der Waals surface area contributed by atoms with E-state index in [9.17, 15) is 0 Å². The number of fused-ring (bicyclic) bond motifs is 1. The normalized spacial score (nSPS) is 28.7. The van der Waals surface area contributed by atoms with Gasteiger partial charge in [0.15, 0.2) is 11.5 Å². The second kappa shape index (κ2) is 4.05. The zero-order chi connectivity index (χ0) is 12.8. The predicted octanol–water partition coefficient (Wildman–Crippen LogP) is 1.57. The monoisotopic (exact) mass is 249 g/mol. The Morgan fingerprint density at radius 2 is 1.78 bits per heavy atom. The summed E-state index contributed by atoms with van der Waals surface area (Å²) in [6.45, 7) is 2.17. The fraction of sp³-hybridized carbons (Fsp3) is 0.571. The third-order valence-electron chi connectivity index (χ3n) is 4.30. The number of ether oxygens (including phenoxy) is 3. The number of benzene rings is 1. The van der Waals surface area contributed by atoms with Gasteiger partial charge in [0, 0.05) is 12.0 Å². The molecule has 1 N–H and O–H groups in total. The Morgan fingerprint density at radius 3 is 2.17 bits per heavy atom. The molecule has 18 heavy (non-hydrogen) atoms. The van der Waals surface area contributed by atoms with Crippen LogP contribution in [0.4, 0.5) is 0 Å². The quantitative estimate of drug-likeness (QED) is 0.879. The highest BCUT2D eigenvalue weighted by Gasteiger charge is 2.58. The minimum atomic E-state index is 0.298. The zero-order valence-corrected chi connectivity index (χ0v) is 11.1. The molecular weight excluding hydrogens is 230 g/mol. The number of hydrogen-bond donors (Lipinski definition) is 1. The number of methoxy groups -OCH3 is 3. The fourth-order valence-electron chi connectivity index (χ4n) is 3.16. The van der Waals surface area contributed by atoms with Crippen molar-refractivity contribution in [3.05, 3.63) is 17.7 Å². The smallest absolute Gasteiger partial charge is 0.203 e. The maximum atomic E-state index is 5.42. The Balaban J connectivity index is 2.06. The molecular formula is C14H19NO3. The van der Waals surface area contributed by atoms with Gasteiger partial charge in [-0.25, -0.2) is 0 Å². The van der Waals surface area contributed by atoms with Gasteiger partial charge < -0.3 is 19.5 Å². The second-order valence-electron chi connectivity index (χ2n) is 5.10. The van der Waals surface area contributed by atoms with Crippen molar-refractivity contribution < 1.29 is 14.2 Å². The molecule has 2 aliphatic rings.